The van der Waals surface area contributed by atoms with E-state index in [1.54, 1.807) is 6.08 Å². The molecule has 0 amide bonds. The Hall–Kier alpha value is -2.12. The van der Waals surface area contributed by atoms with E-state index >= 15 is 0 Å². The third-order valence-electron chi connectivity index (χ3n) is 2.54. The first-order valence-corrected chi connectivity index (χ1v) is 5.18. The largest absolute Gasteiger partial charge is 0.479 e. The lowest BCUT2D eigenvalue weighted by molar-refractivity contribution is 0.155. The van der Waals surface area contributed by atoms with E-state index in [9.17, 15) is 13.9 Å². The van der Waals surface area contributed by atoms with Crippen molar-refractivity contribution in [3.05, 3.63) is 16.2 Å². The molecule has 98 valence electrons. The number of hydrogen-bond donors (Lipinski definition) is 3. The van der Waals surface area contributed by atoms with Gasteiger partial charge in [-0.2, -0.15) is 0 Å². The number of aromatic amines is 1. The lowest BCUT2D eigenvalue weighted by atomic mass is 10.5. The van der Waals surface area contributed by atoms with Crippen LogP contribution in [0.1, 0.15) is 0 Å². The standard InChI is InChI=1S/C10H12F2N4O2/c1-18-10(17)7-8(13)15-9-5(14-7)2-3-16(9)4-6(11)12/h2,6,13-14,17H,3-4H2,1H3. The molecule has 2 rings (SSSR count). The van der Waals surface area contributed by atoms with Crippen LogP contribution < -0.4 is 21.1 Å². The molecular formula is C10H12F2N4O2. The molecule has 0 bridgehead atoms. The number of fused-ring (bicyclic) bond motifs is 1. The summed E-state index contributed by atoms with van der Waals surface area (Å²) in [7, 11) is 1.25. The zero-order chi connectivity index (χ0) is 13.3. The molecule has 8 heteroatoms. The fourth-order valence-electron chi connectivity index (χ4n) is 1.73. The second-order valence-electron chi connectivity index (χ2n) is 3.71. The van der Waals surface area contributed by atoms with Crippen LogP contribution in [0.15, 0.2) is 0 Å². The topological polar surface area (TPSA) is 85.2 Å². The van der Waals surface area contributed by atoms with E-state index in [1.807, 2.05) is 0 Å². The van der Waals surface area contributed by atoms with Crippen molar-refractivity contribution in [1.29, 1.82) is 5.41 Å². The predicted molar refractivity (Wildman–Crippen MR) is 59.4 cm³/mol. The van der Waals surface area contributed by atoms with Crippen molar-refractivity contribution in [3.8, 4) is 0 Å². The molecule has 0 aromatic carbocycles. The molecule has 3 N–H and O–H groups in total. The summed E-state index contributed by atoms with van der Waals surface area (Å²) in [5.74, 6) is -0.177. The second-order valence-corrected chi connectivity index (χ2v) is 3.71. The number of hydrogen-bond acceptors (Lipinski definition) is 5. The minimum absolute atomic E-state index is 0.0198. The molecule has 0 aliphatic carbocycles. The van der Waals surface area contributed by atoms with Gasteiger partial charge < -0.3 is 19.7 Å². The number of alkyl halides is 2. The maximum absolute atomic E-state index is 12.3. The highest BCUT2D eigenvalue weighted by molar-refractivity contribution is 5.53. The van der Waals surface area contributed by atoms with Crippen molar-refractivity contribution in [2.24, 2.45) is 0 Å². The van der Waals surface area contributed by atoms with Crippen LogP contribution in [-0.4, -0.2) is 41.7 Å². The Kier molecular flexibility index (Phi) is 3.17. The molecule has 0 atom stereocenters. The molecule has 0 saturated heterocycles. The third-order valence-corrected chi connectivity index (χ3v) is 2.54. The Morgan fingerprint density at radius 3 is 3.06 bits per heavy atom. The molecule has 1 aromatic heterocycles. The molecule has 0 saturated carbocycles. The van der Waals surface area contributed by atoms with Crippen molar-refractivity contribution < 1.29 is 18.6 Å². The summed E-state index contributed by atoms with van der Waals surface area (Å²) in [5.41, 5.74) is -0.261. The number of ether oxygens (including phenoxy) is 1. The van der Waals surface area contributed by atoms with Gasteiger partial charge in [-0.25, -0.2) is 13.8 Å². The highest BCUT2D eigenvalue weighted by Gasteiger charge is 2.19. The number of aliphatic hydroxyl groups excluding tert-OH is 1. The van der Waals surface area contributed by atoms with E-state index in [-0.39, 0.29) is 16.7 Å². The fourth-order valence-corrected chi connectivity index (χ4v) is 1.73. The average Bonchev–Trinajstić information content (AvgIpc) is 2.69. The first-order valence-electron chi connectivity index (χ1n) is 5.18. The Morgan fingerprint density at radius 2 is 2.44 bits per heavy atom. The van der Waals surface area contributed by atoms with Crippen molar-refractivity contribution >= 4 is 17.8 Å². The number of aliphatic hydroxyl groups is 1. The van der Waals surface area contributed by atoms with Crippen molar-refractivity contribution in [2.75, 3.05) is 25.1 Å². The highest BCUT2D eigenvalue weighted by Crippen LogP contribution is 2.09. The first kappa shape index (κ1) is 12.3. The van der Waals surface area contributed by atoms with Gasteiger partial charge in [-0.3, -0.25) is 5.41 Å². The highest BCUT2D eigenvalue weighted by atomic mass is 19.3. The van der Waals surface area contributed by atoms with Gasteiger partial charge in [0, 0.05) is 6.54 Å². The molecule has 0 spiro atoms. The molecule has 0 radical (unpaired) electrons. The summed E-state index contributed by atoms with van der Waals surface area (Å²) in [4.78, 5) is 8.00. The second kappa shape index (κ2) is 4.63. The number of halogens is 2. The molecule has 1 aliphatic rings. The Bertz CT molecular complexity index is 626. The monoisotopic (exact) mass is 258 g/mol. The predicted octanol–water partition coefficient (Wildman–Crippen LogP) is -0.975. The molecule has 1 aromatic rings. The van der Waals surface area contributed by atoms with Crippen LogP contribution in [0.4, 0.5) is 14.6 Å². The third kappa shape index (κ3) is 2.13. The van der Waals surface area contributed by atoms with Crippen LogP contribution in [0.25, 0.3) is 12.0 Å². The lowest BCUT2D eigenvalue weighted by Crippen LogP contribution is -2.41. The van der Waals surface area contributed by atoms with Gasteiger partial charge in [-0.15, -0.1) is 0 Å². The van der Waals surface area contributed by atoms with Crippen LogP contribution in [0.2, 0.25) is 0 Å². The summed E-state index contributed by atoms with van der Waals surface area (Å²) >= 11 is 0. The summed E-state index contributed by atoms with van der Waals surface area (Å²) in [5, 5.41) is 17.5. The van der Waals surface area contributed by atoms with Gasteiger partial charge in [0.05, 0.1) is 19.0 Å². The van der Waals surface area contributed by atoms with Gasteiger partial charge in [-0.1, -0.05) is 0 Å². The lowest BCUT2D eigenvalue weighted by Gasteiger charge is -2.17. The van der Waals surface area contributed by atoms with Gasteiger partial charge in [0.15, 0.2) is 16.7 Å². The zero-order valence-corrected chi connectivity index (χ0v) is 9.57. The van der Waals surface area contributed by atoms with Crippen molar-refractivity contribution in [2.45, 2.75) is 6.43 Å². The minimum Gasteiger partial charge on any atom is -0.479 e. The van der Waals surface area contributed by atoms with Crippen LogP contribution in [0, 0.1) is 5.41 Å². The van der Waals surface area contributed by atoms with Crippen LogP contribution in [-0.2, 0) is 4.74 Å². The molecule has 6 nitrogen and oxygen atoms in total. The number of aromatic nitrogens is 2. The maximum Gasteiger partial charge on any atom is 0.305 e. The Labute approximate surface area is 100 Å². The molecule has 0 fully saturated rings. The normalized spacial score (nSPS) is 15.4. The van der Waals surface area contributed by atoms with E-state index in [1.165, 1.54) is 12.0 Å². The van der Waals surface area contributed by atoms with E-state index in [0.717, 1.165) is 0 Å². The summed E-state index contributed by atoms with van der Waals surface area (Å²) in [6.07, 6.45) is -0.810. The Morgan fingerprint density at radius 1 is 1.72 bits per heavy atom. The van der Waals surface area contributed by atoms with Crippen LogP contribution in [0.3, 0.4) is 0 Å². The van der Waals surface area contributed by atoms with E-state index < -0.39 is 18.9 Å². The van der Waals surface area contributed by atoms with Gasteiger partial charge in [-0.05, 0) is 6.08 Å². The van der Waals surface area contributed by atoms with E-state index in [2.05, 4.69) is 14.7 Å². The summed E-state index contributed by atoms with van der Waals surface area (Å²) in [6.45, 7) is -0.150. The van der Waals surface area contributed by atoms with E-state index in [4.69, 9.17) is 5.41 Å². The zero-order valence-electron chi connectivity index (χ0n) is 9.57. The van der Waals surface area contributed by atoms with Crippen molar-refractivity contribution in [3.63, 3.8) is 0 Å². The average molecular weight is 258 g/mol. The fraction of sp³-hybridized carbons (Fsp3) is 0.400. The Balaban J connectivity index is 2.52. The van der Waals surface area contributed by atoms with Gasteiger partial charge >= 0.3 is 5.95 Å². The molecule has 18 heavy (non-hydrogen) atoms. The van der Waals surface area contributed by atoms with Gasteiger partial charge in [0.25, 0.3) is 6.43 Å². The molecule has 2 heterocycles. The number of nitrogens with zero attached hydrogens (tertiary/aromatic N) is 2. The van der Waals surface area contributed by atoms with E-state index in [0.29, 0.717) is 11.9 Å². The van der Waals surface area contributed by atoms with Crippen LogP contribution in [0.5, 0.6) is 0 Å². The molecule has 1 aliphatic heterocycles. The summed E-state index contributed by atoms with van der Waals surface area (Å²) < 4.78 is 29.3. The minimum atomic E-state index is -2.47. The SMILES string of the molecule is COC(O)=c1[nH]c2c(nc1=N)N(CC(F)F)CC=2. The smallest absolute Gasteiger partial charge is 0.305 e. The van der Waals surface area contributed by atoms with Crippen molar-refractivity contribution in [1.82, 2.24) is 9.97 Å². The number of nitrogens with one attached hydrogen (secondary N) is 2. The van der Waals surface area contributed by atoms with Crippen LogP contribution >= 0.6 is 0 Å². The van der Waals surface area contributed by atoms with Gasteiger partial charge in [0.2, 0.25) is 0 Å². The molecule has 0 unspecified atom stereocenters. The maximum atomic E-state index is 12.3. The first-order chi connectivity index (χ1) is 8.52. The molecular weight excluding hydrogens is 246 g/mol. The number of H-pyrrole nitrogens is 1. The number of anilines is 1. The number of rotatable bonds is 3. The van der Waals surface area contributed by atoms with Gasteiger partial charge in [0.1, 0.15) is 0 Å². The quantitative estimate of drug-likeness (QED) is 0.651. The summed E-state index contributed by atoms with van der Waals surface area (Å²) in [6, 6.07) is 0. The number of methoxy groups -OCH3 is 1.